The summed E-state index contributed by atoms with van der Waals surface area (Å²) in [7, 11) is 2.01. The largest absolute Gasteiger partial charge is 0.332 e. The monoisotopic (exact) mass is 435 g/mol. The Morgan fingerprint density at radius 1 is 1.28 bits per heavy atom. The van der Waals surface area contributed by atoms with E-state index in [1.54, 1.807) is 24.3 Å². The Morgan fingerprint density at radius 3 is 2.79 bits per heavy atom. The number of hydrogen-bond acceptors (Lipinski definition) is 8. The molecule has 11 heteroatoms. The van der Waals surface area contributed by atoms with E-state index in [1.807, 2.05) is 7.05 Å². The van der Waals surface area contributed by atoms with Crippen molar-refractivity contribution in [3.63, 3.8) is 0 Å². The van der Waals surface area contributed by atoms with E-state index in [0.29, 0.717) is 16.5 Å². The van der Waals surface area contributed by atoms with Crippen LogP contribution in [-0.2, 0) is 0 Å². The van der Waals surface area contributed by atoms with Gasteiger partial charge in [0.2, 0.25) is 0 Å². The lowest BCUT2D eigenvalue weighted by molar-refractivity contribution is 0.102. The number of rotatable bonds is 4. The molecule has 1 aliphatic heterocycles. The van der Waals surface area contributed by atoms with Crippen molar-refractivity contribution in [2.45, 2.75) is 6.04 Å². The topological polar surface area (TPSA) is 109 Å². The van der Waals surface area contributed by atoms with Crippen molar-refractivity contribution in [2.75, 3.05) is 32.0 Å². The summed E-state index contributed by atoms with van der Waals surface area (Å²) in [5, 5.41) is 10.7. The maximum atomic E-state index is 12.7. The Hall–Kier alpha value is -2.59. The molecule has 2 aromatic heterocycles. The molecule has 3 heterocycles. The molecule has 2 N–H and O–H groups in total. The van der Waals surface area contributed by atoms with E-state index in [-0.39, 0.29) is 35.7 Å². The first-order valence-electron chi connectivity index (χ1n) is 8.74. The van der Waals surface area contributed by atoms with E-state index in [9.17, 15) is 4.79 Å². The number of halogens is 2. The third kappa shape index (κ3) is 4.70. The zero-order chi connectivity index (χ0) is 19.5. The fourth-order valence-corrected chi connectivity index (χ4v) is 3.07. The van der Waals surface area contributed by atoms with E-state index in [2.05, 4.69) is 35.6 Å². The van der Waals surface area contributed by atoms with Gasteiger partial charge in [0.15, 0.2) is 17.2 Å². The number of anilines is 1. The van der Waals surface area contributed by atoms with Gasteiger partial charge in [-0.25, -0.2) is 9.97 Å². The number of benzene rings is 1. The molecule has 152 valence electrons. The van der Waals surface area contributed by atoms with E-state index in [0.717, 1.165) is 19.6 Å². The minimum Gasteiger partial charge on any atom is -0.332 e. The maximum absolute atomic E-state index is 12.7. The normalized spacial score (nSPS) is 16.8. The third-order valence-corrected chi connectivity index (χ3v) is 4.72. The van der Waals surface area contributed by atoms with Crippen LogP contribution in [0.3, 0.4) is 0 Å². The Labute approximate surface area is 178 Å². The second kappa shape index (κ2) is 9.27. The van der Waals surface area contributed by atoms with Gasteiger partial charge in [-0.15, -0.1) is 12.4 Å². The van der Waals surface area contributed by atoms with Crippen molar-refractivity contribution >= 4 is 35.6 Å². The summed E-state index contributed by atoms with van der Waals surface area (Å²) in [4.78, 5) is 27.7. The average molecular weight is 436 g/mol. The SMILES string of the molecule is CN1CCNCC1c1noc(-c2nccnc2C(=O)Nc2ccc(Cl)cc2)n1.Cl. The highest BCUT2D eigenvalue weighted by Gasteiger charge is 2.27. The highest BCUT2D eigenvalue weighted by molar-refractivity contribution is 6.30. The van der Waals surface area contributed by atoms with Gasteiger partial charge < -0.3 is 15.2 Å². The van der Waals surface area contributed by atoms with Crippen LogP contribution in [0.4, 0.5) is 5.69 Å². The molecule has 9 nitrogen and oxygen atoms in total. The Bertz CT molecular complexity index is 980. The molecule has 4 rings (SSSR count). The molecule has 3 aromatic rings. The number of piperazine rings is 1. The maximum Gasteiger partial charge on any atom is 0.279 e. The molecular weight excluding hydrogens is 417 g/mol. The molecule has 0 spiro atoms. The molecule has 29 heavy (non-hydrogen) atoms. The van der Waals surface area contributed by atoms with Crippen LogP contribution >= 0.6 is 24.0 Å². The molecule has 0 radical (unpaired) electrons. The van der Waals surface area contributed by atoms with E-state index < -0.39 is 5.91 Å². The minimum atomic E-state index is -0.429. The van der Waals surface area contributed by atoms with Gasteiger partial charge in [-0.2, -0.15) is 4.98 Å². The summed E-state index contributed by atoms with van der Waals surface area (Å²) < 4.78 is 5.39. The average Bonchev–Trinajstić information content (AvgIpc) is 3.20. The van der Waals surface area contributed by atoms with Gasteiger partial charge >= 0.3 is 0 Å². The van der Waals surface area contributed by atoms with Gasteiger partial charge in [-0.1, -0.05) is 16.8 Å². The van der Waals surface area contributed by atoms with E-state index in [1.165, 1.54) is 12.4 Å². The quantitative estimate of drug-likeness (QED) is 0.642. The van der Waals surface area contributed by atoms with Crippen LogP contribution in [0.2, 0.25) is 5.02 Å². The lowest BCUT2D eigenvalue weighted by Gasteiger charge is -2.30. The lowest BCUT2D eigenvalue weighted by Crippen LogP contribution is -2.44. The molecular formula is C18H19Cl2N7O2. The van der Waals surface area contributed by atoms with Crippen molar-refractivity contribution in [1.29, 1.82) is 0 Å². The Kier molecular flexibility index (Phi) is 6.75. The number of aromatic nitrogens is 4. The fraction of sp³-hybridized carbons (Fsp3) is 0.278. The van der Waals surface area contributed by atoms with Crippen molar-refractivity contribution in [1.82, 2.24) is 30.3 Å². The van der Waals surface area contributed by atoms with Gasteiger partial charge in [-0.05, 0) is 31.3 Å². The van der Waals surface area contributed by atoms with Gasteiger partial charge in [0.25, 0.3) is 11.8 Å². The summed E-state index contributed by atoms with van der Waals surface area (Å²) in [5.74, 6) is 0.268. The highest BCUT2D eigenvalue weighted by Crippen LogP contribution is 2.23. The Morgan fingerprint density at radius 2 is 2.03 bits per heavy atom. The number of nitrogens with one attached hydrogen (secondary N) is 2. The molecule has 1 aromatic carbocycles. The highest BCUT2D eigenvalue weighted by atomic mass is 35.5. The smallest absolute Gasteiger partial charge is 0.279 e. The standard InChI is InChI=1S/C18H18ClN7O2.ClH/c1-26-9-8-20-10-13(26)16-24-18(28-25-16)15-14(21-6-7-22-15)17(27)23-12-4-2-11(19)3-5-12;/h2-7,13,20H,8-10H2,1H3,(H,23,27);1H. The second-order valence-electron chi connectivity index (χ2n) is 6.37. The number of hydrogen-bond donors (Lipinski definition) is 2. The summed E-state index contributed by atoms with van der Waals surface area (Å²) in [6.45, 7) is 2.52. The van der Waals surface area contributed by atoms with Crippen LogP contribution in [0.25, 0.3) is 11.6 Å². The van der Waals surface area contributed by atoms with Crippen LogP contribution in [0.1, 0.15) is 22.4 Å². The first-order chi connectivity index (χ1) is 13.6. The summed E-state index contributed by atoms with van der Waals surface area (Å²) in [6, 6.07) is 6.77. The zero-order valence-corrected chi connectivity index (χ0v) is 17.1. The number of nitrogens with zero attached hydrogens (tertiary/aromatic N) is 5. The molecule has 1 amide bonds. The number of carbonyl (C=O) groups excluding carboxylic acids is 1. The predicted molar refractivity (Wildman–Crippen MR) is 110 cm³/mol. The molecule has 1 aliphatic rings. The number of amides is 1. The first-order valence-corrected chi connectivity index (χ1v) is 9.12. The number of likely N-dealkylation sites (N-methyl/N-ethyl adjacent to an activating group) is 1. The third-order valence-electron chi connectivity index (χ3n) is 4.47. The van der Waals surface area contributed by atoms with Crippen LogP contribution < -0.4 is 10.6 Å². The van der Waals surface area contributed by atoms with Gasteiger partial charge in [0.1, 0.15) is 0 Å². The molecule has 1 saturated heterocycles. The molecule has 0 aliphatic carbocycles. The van der Waals surface area contributed by atoms with Gasteiger partial charge in [0.05, 0.1) is 6.04 Å². The number of carbonyl (C=O) groups is 1. The van der Waals surface area contributed by atoms with Crippen molar-refractivity contribution in [2.24, 2.45) is 0 Å². The lowest BCUT2D eigenvalue weighted by atomic mass is 10.2. The van der Waals surface area contributed by atoms with Gasteiger partial charge in [-0.3, -0.25) is 9.69 Å². The summed E-state index contributed by atoms with van der Waals surface area (Å²) in [5.41, 5.74) is 0.925. The zero-order valence-electron chi connectivity index (χ0n) is 15.5. The van der Waals surface area contributed by atoms with Gasteiger partial charge in [0, 0.05) is 42.7 Å². The van der Waals surface area contributed by atoms with Crippen molar-refractivity contribution in [3.8, 4) is 11.6 Å². The first kappa shape index (κ1) is 21.1. The van der Waals surface area contributed by atoms with Crippen molar-refractivity contribution < 1.29 is 9.32 Å². The second-order valence-corrected chi connectivity index (χ2v) is 6.81. The minimum absolute atomic E-state index is 0. The predicted octanol–water partition coefficient (Wildman–Crippen LogP) is 2.43. The van der Waals surface area contributed by atoms with Crippen LogP contribution in [-0.4, -0.2) is 57.6 Å². The molecule has 0 saturated carbocycles. The van der Waals surface area contributed by atoms with Crippen LogP contribution in [0, 0.1) is 0 Å². The van der Waals surface area contributed by atoms with Crippen molar-refractivity contribution in [3.05, 3.63) is 53.2 Å². The fourth-order valence-electron chi connectivity index (χ4n) is 2.94. The van der Waals surface area contributed by atoms with E-state index >= 15 is 0 Å². The Balaban J connectivity index is 0.00000240. The summed E-state index contributed by atoms with van der Waals surface area (Å²) >= 11 is 5.88. The molecule has 1 fully saturated rings. The molecule has 1 atom stereocenters. The van der Waals surface area contributed by atoms with Crippen LogP contribution in [0.5, 0.6) is 0 Å². The van der Waals surface area contributed by atoms with E-state index in [4.69, 9.17) is 16.1 Å². The summed E-state index contributed by atoms with van der Waals surface area (Å²) in [6.07, 6.45) is 2.92. The van der Waals surface area contributed by atoms with Crippen LogP contribution in [0.15, 0.2) is 41.2 Å². The molecule has 1 unspecified atom stereocenters. The molecule has 0 bridgehead atoms.